The van der Waals surface area contributed by atoms with Gasteiger partial charge in [0.1, 0.15) is 17.2 Å². The summed E-state index contributed by atoms with van der Waals surface area (Å²) in [6, 6.07) is 6.20. The van der Waals surface area contributed by atoms with Gasteiger partial charge >= 0.3 is 0 Å². The minimum absolute atomic E-state index is 0.0210. The summed E-state index contributed by atoms with van der Waals surface area (Å²) in [5, 5.41) is 15.7. The van der Waals surface area contributed by atoms with Gasteiger partial charge in [-0.2, -0.15) is 9.61 Å². The van der Waals surface area contributed by atoms with Crippen molar-refractivity contribution in [2.75, 3.05) is 6.54 Å². The van der Waals surface area contributed by atoms with Crippen LogP contribution in [0.1, 0.15) is 17.0 Å². The highest BCUT2D eigenvalue weighted by Gasteiger charge is 2.06. The molecule has 22 heavy (non-hydrogen) atoms. The highest BCUT2D eigenvalue weighted by atomic mass is 32.1. The molecule has 0 atom stereocenters. The predicted octanol–water partition coefficient (Wildman–Crippen LogP) is 1.62. The maximum atomic E-state index is 12.8. The number of nitrogens with one attached hydrogen (secondary N) is 1. The number of hydrogen-bond acceptors (Lipinski definition) is 5. The zero-order valence-corrected chi connectivity index (χ0v) is 12.5. The van der Waals surface area contributed by atoms with Gasteiger partial charge in [0.05, 0.1) is 0 Å². The molecule has 0 bridgehead atoms. The Morgan fingerprint density at radius 3 is 2.86 bits per heavy atom. The van der Waals surface area contributed by atoms with Crippen LogP contribution < -0.4 is 5.32 Å². The van der Waals surface area contributed by atoms with Crippen molar-refractivity contribution in [3.05, 3.63) is 47.0 Å². The number of fused-ring (bicyclic) bond motifs is 1. The predicted molar refractivity (Wildman–Crippen MR) is 80.1 cm³/mol. The number of carbonyl (C=O) groups excluding carboxylic acids is 1. The van der Waals surface area contributed by atoms with Crippen molar-refractivity contribution in [2.24, 2.45) is 0 Å². The van der Waals surface area contributed by atoms with Crippen molar-refractivity contribution in [1.29, 1.82) is 0 Å². The normalized spacial score (nSPS) is 11.0. The van der Waals surface area contributed by atoms with E-state index in [0.29, 0.717) is 25.8 Å². The van der Waals surface area contributed by atoms with Crippen LogP contribution >= 0.6 is 11.3 Å². The van der Waals surface area contributed by atoms with Gasteiger partial charge in [-0.3, -0.25) is 4.79 Å². The molecule has 2 heterocycles. The van der Waals surface area contributed by atoms with Crippen molar-refractivity contribution in [2.45, 2.75) is 19.3 Å². The maximum absolute atomic E-state index is 12.8. The molecule has 0 saturated carbocycles. The molecular weight excluding hydrogens is 305 g/mol. The Labute approximate surface area is 130 Å². The second kappa shape index (κ2) is 6.61. The zero-order chi connectivity index (χ0) is 15.4. The molecule has 3 aromatic rings. The lowest BCUT2D eigenvalue weighted by molar-refractivity contribution is -0.121. The van der Waals surface area contributed by atoms with E-state index in [1.807, 2.05) is 0 Å². The van der Waals surface area contributed by atoms with Crippen molar-refractivity contribution in [3.8, 4) is 0 Å². The second-order valence-corrected chi connectivity index (χ2v) is 5.82. The van der Waals surface area contributed by atoms with Gasteiger partial charge in [0.2, 0.25) is 10.9 Å². The largest absolute Gasteiger partial charge is 0.356 e. The summed E-state index contributed by atoms with van der Waals surface area (Å²) in [5.41, 5.74) is 0.949. The third kappa shape index (κ3) is 3.64. The third-order valence-electron chi connectivity index (χ3n) is 3.14. The molecule has 0 radical (unpaired) electrons. The number of nitrogens with zero attached hydrogens (tertiary/aromatic N) is 4. The Hall–Kier alpha value is -2.35. The Bertz CT molecular complexity index is 738. The summed E-state index contributed by atoms with van der Waals surface area (Å²) in [6.07, 6.45) is 3.20. The van der Waals surface area contributed by atoms with Crippen LogP contribution in [0.4, 0.5) is 4.39 Å². The van der Waals surface area contributed by atoms with Gasteiger partial charge in [-0.15, -0.1) is 10.2 Å². The summed E-state index contributed by atoms with van der Waals surface area (Å²) < 4.78 is 14.4. The standard InChI is InChI=1S/C14H14FN5OS/c15-11-4-1-10(2-5-11)3-6-12(21)16-8-7-13-19-20-9-17-18-14(20)22-13/h1-2,4-5,9H,3,6-8H2,(H,16,21). The average molecular weight is 319 g/mol. The van der Waals surface area contributed by atoms with Gasteiger partial charge < -0.3 is 5.32 Å². The van der Waals surface area contributed by atoms with Crippen LogP contribution in [0.3, 0.4) is 0 Å². The zero-order valence-electron chi connectivity index (χ0n) is 11.7. The summed E-state index contributed by atoms with van der Waals surface area (Å²) >= 11 is 1.46. The fourth-order valence-electron chi connectivity index (χ4n) is 2.01. The van der Waals surface area contributed by atoms with Gasteiger partial charge in [0.15, 0.2) is 0 Å². The molecule has 0 spiro atoms. The van der Waals surface area contributed by atoms with E-state index in [9.17, 15) is 9.18 Å². The Balaban J connectivity index is 1.40. The highest BCUT2D eigenvalue weighted by Crippen LogP contribution is 2.11. The number of benzene rings is 1. The fraction of sp³-hybridized carbons (Fsp3) is 0.286. The molecule has 0 aliphatic rings. The Morgan fingerprint density at radius 1 is 1.27 bits per heavy atom. The minimum Gasteiger partial charge on any atom is -0.356 e. The minimum atomic E-state index is -0.266. The number of rotatable bonds is 6. The van der Waals surface area contributed by atoms with E-state index in [-0.39, 0.29) is 11.7 Å². The summed E-state index contributed by atoms with van der Waals surface area (Å²) in [5.74, 6) is -0.287. The van der Waals surface area contributed by atoms with Crippen molar-refractivity contribution >= 4 is 22.2 Å². The highest BCUT2D eigenvalue weighted by molar-refractivity contribution is 7.16. The molecule has 1 aromatic carbocycles. The molecule has 1 N–H and O–H groups in total. The van der Waals surface area contributed by atoms with Crippen molar-refractivity contribution in [3.63, 3.8) is 0 Å². The van der Waals surface area contributed by atoms with E-state index < -0.39 is 0 Å². The molecule has 0 aliphatic heterocycles. The topological polar surface area (TPSA) is 72.2 Å². The van der Waals surface area contributed by atoms with Crippen LogP contribution in [0.2, 0.25) is 0 Å². The maximum Gasteiger partial charge on any atom is 0.234 e. The quantitative estimate of drug-likeness (QED) is 0.749. The van der Waals surface area contributed by atoms with E-state index >= 15 is 0 Å². The molecule has 0 unspecified atom stereocenters. The molecule has 2 aromatic heterocycles. The first-order chi connectivity index (χ1) is 10.7. The van der Waals surface area contributed by atoms with E-state index in [2.05, 4.69) is 20.6 Å². The SMILES string of the molecule is O=C(CCc1ccc(F)cc1)NCCc1nn2cnnc2s1. The lowest BCUT2D eigenvalue weighted by Crippen LogP contribution is -2.25. The van der Waals surface area contributed by atoms with Crippen LogP contribution in [-0.2, 0) is 17.6 Å². The first kappa shape index (κ1) is 14.6. The van der Waals surface area contributed by atoms with Crippen LogP contribution in [0.15, 0.2) is 30.6 Å². The number of amides is 1. The third-order valence-corrected chi connectivity index (χ3v) is 4.12. The van der Waals surface area contributed by atoms with Gasteiger partial charge in [0.25, 0.3) is 0 Å². The van der Waals surface area contributed by atoms with Crippen LogP contribution in [-0.4, -0.2) is 32.3 Å². The Morgan fingerprint density at radius 2 is 2.09 bits per heavy atom. The number of hydrogen-bond donors (Lipinski definition) is 1. The van der Waals surface area contributed by atoms with Gasteiger partial charge in [-0.25, -0.2) is 4.39 Å². The fourth-order valence-corrected chi connectivity index (χ4v) is 2.82. The lowest BCUT2D eigenvalue weighted by Gasteiger charge is -2.04. The summed E-state index contributed by atoms with van der Waals surface area (Å²) in [4.78, 5) is 12.5. The van der Waals surface area contributed by atoms with E-state index in [0.717, 1.165) is 15.5 Å². The van der Waals surface area contributed by atoms with E-state index in [1.54, 1.807) is 23.0 Å². The van der Waals surface area contributed by atoms with Crippen LogP contribution in [0.5, 0.6) is 0 Å². The number of aryl methyl sites for hydroxylation is 1. The summed E-state index contributed by atoms with van der Waals surface area (Å²) in [6.45, 7) is 0.534. The van der Waals surface area contributed by atoms with Gasteiger partial charge in [0, 0.05) is 19.4 Å². The van der Waals surface area contributed by atoms with Crippen molar-refractivity contribution < 1.29 is 9.18 Å². The first-order valence-corrected chi connectivity index (χ1v) is 7.69. The molecule has 1 amide bonds. The molecule has 6 nitrogen and oxygen atoms in total. The molecule has 0 aliphatic carbocycles. The average Bonchev–Trinajstić information content (AvgIpc) is 3.08. The molecule has 8 heteroatoms. The summed E-state index contributed by atoms with van der Waals surface area (Å²) in [7, 11) is 0. The molecular formula is C14H14FN5OS. The number of carbonyl (C=O) groups is 1. The number of aromatic nitrogens is 4. The first-order valence-electron chi connectivity index (χ1n) is 6.87. The smallest absolute Gasteiger partial charge is 0.234 e. The second-order valence-electron chi connectivity index (χ2n) is 4.78. The van der Waals surface area contributed by atoms with E-state index in [1.165, 1.54) is 23.5 Å². The van der Waals surface area contributed by atoms with Gasteiger partial charge in [-0.1, -0.05) is 23.5 Å². The molecule has 0 saturated heterocycles. The molecule has 0 fully saturated rings. The van der Waals surface area contributed by atoms with Crippen LogP contribution in [0.25, 0.3) is 4.96 Å². The monoisotopic (exact) mass is 319 g/mol. The number of halogens is 1. The lowest BCUT2D eigenvalue weighted by atomic mass is 10.1. The Kier molecular flexibility index (Phi) is 4.38. The van der Waals surface area contributed by atoms with E-state index in [4.69, 9.17) is 0 Å². The molecule has 114 valence electrons. The van der Waals surface area contributed by atoms with Gasteiger partial charge in [-0.05, 0) is 24.1 Å². The molecule has 3 rings (SSSR count). The van der Waals surface area contributed by atoms with Crippen LogP contribution in [0, 0.1) is 5.82 Å². The van der Waals surface area contributed by atoms with Crippen molar-refractivity contribution in [1.82, 2.24) is 25.1 Å².